The minimum absolute atomic E-state index is 0.379. The summed E-state index contributed by atoms with van der Waals surface area (Å²) >= 11 is 0. The predicted octanol–water partition coefficient (Wildman–Crippen LogP) is 2.36. The van der Waals surface area contributed by atoms with E-state index in [1.165, 1.54) is 0 Å². The summed E-state index contributed by atoms with van der Waals surface area (Å²) in [5.41, 5.74) is 0. The first-order valence-corrected chi connectivity index (χ1v) is 5.28. The fraction of sp³-hybridized carbons (Fsp3) is 0.818. The van der Waals surface area contributed by atoms with Crippen molar-refractivity contribution in [2.75, 3.05) is 19.7 Å². The molecule has 0 amide bonds. The highest BCUT2D eigenvalue weighted by atomic mass is 16.5. The molecule has 13 heavy (non-hydrogen) atoms. The van der Waals surface area contributed by atoms with Crippen LogP contribution in [0.25, 0.3) is 0 Å². The third-order valence-corrected chi connectivity index (χ3v) is 1.98. The summed E-state index contributed by atoms with van der Waals surface area (Å²) in [6.45, 7) is 10.8. The lowest BCUT2D eigenvalue weighted by molar-refractivity contribution is 0.0500. The second-order valence-corrected chi connectivity index (χ2v) is 3.14. The SMILES string of the molecule is C=CCCCOC(CC)CNCC. The molecule has 0 radical (unpaired) electrons. The Morgan fingerprint density at radius 2 is 2.23 bits per heavy atom. The van der Waals surface area contributed by atoms with Gasteiger partial charge in [-0.1, -0.05) is 19.9 Å². The standard InChI is InChI=1S/C11H23NO/c1-4-7-8-9-13-11(5-2)10-12-6-3/h4,11-12H,1,5-10H2,2-3H3. The van der Waals surface area contributed by atoms with Gasteiger partial charge in [-0.25, -0.2) is 0 Å². The Morgan fingerprint density at radius 3 is 2.77 bits per heavy atom. The van der Waals surface area contributed by atoms with Crippen LogP contribution in [-0.4, -0.2) is 25.8 Å². The molecule has 0 aromatic heterocycles. The Balaban J connectivity index is 3.30. The van der Waals surface area contributed by atoms with E-state index in [1.54, 1.807) is 0 Å². The normalized spacial score (nSPS) is 12.8. The van der Waals surface area contributed by atoms with Crippen molar-refractivity contribution in [2.24, 2.45) is 0 Å². The average Bonchev–Trinajstić information content (AvgIpc) is 2.17. The van der Waals surface area contributed by atoms with E-state index in [4.69, 9.17) is 4.74 Å². The first-order chi connectivity index (χ1) is 6.35. The van der Waals surface area contributed by atoms with E-state index in [0.29, 0.717) is 6.10 Å². The molecule has 1 N–H and O–H groups in total. The van der Waals surface area contributed by atoms with E-state index in [9.17, 15) is 0 Å². The number of ether oxygens (including phenoxy) is 1. The van der Waals surface area contributed by atoms with Gasteiger partial charge in [0.15, 0.2) is 0 Å². The minimum atomic E-state index is 0.379. The molecule has 2 heteroatoms. The zero-order valence-electron chi connectivity index (χ0n) is 9.01. The zero-order chi connectivity index (χ0) is 9.94. The fourth-order valence-electron chi connectivity index (χ4n) is 1.10. The van der Waals surface area contributed by atoms with Crippen molar-refractivity contribution < 1.29 is 4.74 Å². The van der Waals surface area contributed by atoms with E-state index in [1.807, 2.05) is 6.08 Å². The topological polar surface area (TPSA) is 21.3 Å². The first kappa shape index (κ1) is 12.7. The third kappa shape index (κ3) is 8.00. The van der Waals surface area contributed by atoms with Crippen molar-refractivity contribution in [1.82, 2.24) is 5.32 Å². The van der Waals surface area contributed by atoms with Crippen LogP contribution < -0.4 is 5.32 Å². The minimum Gasteiger partial charge on any atom is -0.377 e. The van der Waals surface area contributed by atoms with E-state index < -0.39 is 0 Å². The summed E-state index contributed by atoms with van der Waals surface area (Å²) in [7, 11) is 0. The Bertz CT molecular complexity index is 115. The van der Waals surface area contributed by atoms with Gasteiger partial charge in [0.1, 0.15) is 0 Å². The largest absolute Gasteiger partial charge is 0.377 e. The number of hydrogen-bond acceptors (Lipinski definition) is 2. The van der Waals surface area contributed by atoms with Crippen LogP contribution >= 0.6 is 0 Å². The molecule has 0 rings (SSSR count). The Morgan fingerprint density at radius 1 is 1.46 bits per heavy atom. The monoisotopic (exact) mass is 185 g/mol. The molecule has 0 aliphatic heterocycles. The van der Waals surface area contributed by atoms with Gasteiger partial charge in [-0.3, -0.25) is 0 Å². The van der Waals surface area contributed by atoms with Gasteiger partial charge in [-0.05, 0) is 25.8 Å². The molecule has 0 heterocycles. The Labute approximate surface area is 82.4 Å². The fourth-order valence-corrected chi connectivity index (χ4v) is 1.10. The van der Waals surface area contributed by atoms with E-state index in [2.05, 4.69) is 25.7 Å². The molecule has 0 spiro atoms. The lowest BCUT2D eigenvalue weighted by Crippen LogP contribution is -2.28. The smallest absolute Gasteiger partial charge is 0.0696 e. The van der Waals surface area contributed by atoms with Gasteiger partial charge < -0.3 is 10.1 Å². The number of likely N-dealkylation sites (N-methyl/N-ethyl adjacent to an activating group) is 1. The van der Waals surface area contributed by atoms with E-state index in [0.717, 1.165) is 39.0 Å². The summed E-state index contributed by atoms with van der Waals surface area (Å²) in [5.74, 6) is 0. The van der Waals surface area contributed by atoms with Crippen molar-refractivity contribution >= 4 is 0 Å². The van der Waals surface area contributed by atoms with E-state index in [-0.39, 0.29) is 0 Å². The van der Waals surface area contributed by atoms with E-state index >= 15 is 0 Å². The second kappa shape index (κ2) is 9.75. The molecule has 0 bridgehead atoms. The molecule has 78 valence electrons. The Kier molecular flexibility index (Phi) is 9.49. The average molecular weight is 185 g/mol. The van der Waals surface area contributed by atoms with Crippen LogP contribution in [0, 0.1) is 0 Å². The van der Waals surface area contributed by atoms with Gasteiger partial charge in [0.05, 0.1) is 6.10 Å². The van der Waals surface area contributed by atoms with Crippen molar-refractivity contribution in [2.45, 2.75) is 39.2 Å². The number of hydrogen-bond donors (Lipinski definition) is 1. The van der Waals surface area contributed by atoms with Crippen LogP contribution in [0.1, 0.15) is 33.1 Å². The molecule has 2 nitrogen and oxygen atoms in total. The predicted molar refractivity (Wildman–Crippen MR) is 58.0 cm³/mol. The molecular weight excluding hydrogens is 162 g/mol. The molecule has 0 aromatic rings. The molecule has 0 fully saturated rings. The van der Waals surface area contributed by atoms with Gasteiger partial charge in [-0.2, -0.15) is 0 Å². The summed E-state index contributed by atoms with van der Waals surface area (Å²) in [6, 6.07) is 0. The second-order valence-electron chi connectivity index (χ2n) is 3.14. The van der Waals surface area contributed by atoms with Gasteiger partial charge in [0.2, 0.25) is 0 Å². The van der Waals surface area contributed by atoms with Gasteiger partial charge in [0.25, 0.3) is 0 Å². The number of nitrogens with one attached hydrogen (secondary N) is 1. The van der Waals surface area contributed by atoms with Crippen molar-refractivity contribution in [3.8, 4) is 0 Å². The van der Waals surface area contributed by atoms with Crippen LogP contribution in [0.3, 0.4) is 0 Å². The summed E-state index contributed by atoms with van der Waals surface area (Å²) in [4.78, 5) is 0. The van der Waals surface area contributed by atoms with Gasteiger partial charge in [-0.15, -0.1) is 6.58 Å². The lowest BCUT2D eigenvalue weighted by Gasteiger charge is -2.15. The maximum absolute atomic E-state index is 5.69. The number of unbranched alkanes of at least 4 members (excludes halogenated alkanes) is 1. The molecule has 0 aliphatic carbocycles. The van der Waals surface area contributed by atoms with Crippen LogP contribution in [0.4, 0.5) is 0 Å². The van der Waals surface area contributed by atoms with Crippen LogP contribution in [0.2, 0.25) is 0 Å². The maximum atomic E-state index is 5.69. The number of allylic oxidation sites excluding steroid dienone is 1. The maximum Gasteiger partial charge on any atom is 0.0696 e. The molecule has 0 saturated heterocycles. The van der Waals surface area contributed by atoms with Gasteiger partial charge in [0, 0.05) is 13.2 Å². The highest BCUT2D eigenvalue weighted by molar-refractivity contribution is 4.66. The van der Waals surface area contributed by atoms with Crippen LogP contribution in [0.5, 0.6) is 0 Å². The zero-order valence-corrected chi connectivity index (χ0v) is 9.01. The highest BCUT2D eigenvalue weighted by Crippen LogP contribution is 1.99. The highest BCUT2D eigenvalue weighted by Gasteiger charge is 2.03. The summed E-state index contributed by atoms with van der Waals surface area (Å²) in [5, 5.41) is 3.30. The van der Waals surface area contributed by atoms with Gasteiger partial charge >= 0.3 is 0 Å². The van der Waals surface area contributed by atoms with Crippen LogP contribution in [0.15, 0.2) is 12.7 Å². The molecular formula is C11H23NO. The summed E-state index contributed by atoms with van der Waals surface area (Å²) in [6.07, 6.45) is 5.55. The number of rotatable bonds is 9. The summed E-state index contributed by atoms with van der Waals surface area (Å²) < 4.78 is 5.69. The van der Waals surface area contributed by atoms with Crippen molar-refractivity contribution in [3.63, 3.8) is 0 Å². The first-order valence-electron chi connectivity index (χ1n) is 5.28. The third-order valence-electron chi connectivity index (χ3n) is 1.98. The van der Waals surface area contributed by atoms with Crippen molar-refractivity contribution in [1.29, 1.82) is 0 Å². The molecule has 1 atom stereocenters. The molecule has 0 aliphatic rings. The quantitative estimate of drug-likeness (QED) is 0.440. The lowest BCUT2D eigenvalue weighted by atomic mass is 10.2. The molecule has 0 aromatic carbocycles. The molecule has 0 saturated carbocycles. The Hall–Kier alpha value is -0.340. The molecule has 1 unspecified atom stereocenters. The van der Waals surface area contributed by atoms with Crippen LogP contribution in [-0.2, 0) is 4.74 Å². The van der Waals surface area contributed by atoms with Crippen molar-refractivity contribution in [3.05, 3.63) is 12.7 Å².